The molecule has 0 spiro atoms. The van der Waals surface area contributed by atoms with E-state index in [0.717, 1.165) is 49.1 Å². The number of ether oxygens (including phenoxy) is 1. The van der Waals surface area contributed by atoms with Gasteiger partial charge in [0, 0.05) is 34.9 Å². The van der Waals surface area contributed by atoms with Crippen LogP contribution in [-0.2, 0) is 19.1 Å². The molecule has 2 atom stereocenters. The molecule has 1 aromatic carbocycles. The summed E-state index contributed by atoms with van der Waals surface area (Å²) in [5.74, 6) is 0.998. The molecule has 156 valence electrons. The number of carbonyl (C=O) groups excluding carboxylic acids is 1. The van der Waals surface area contributed by atoms with Gasteiger partial charge in [-0.1, -0.05) is 18.6 Å². The van der Waals surface area contributed by atoms with Crippen molar-refractivity contribution in [3.63, 3.8) is 0 Å². The first-order valence-corrected chi connectivity index (χ1v) is 12.1. The van der Waals surface area contributed by atoms with E-state index in [4.69, 9.17) is 15.3 Å². The molecule has 4 rings (SSSR count). The summed E-state index contributed by atoms with van der Waals surface area (Å²) in [6, 6.07) is 12.3. The molecule has 1 unspecified atom stereocenters. The number of hydroxylamine groups is 1. The minimum Gasteiger partial charge on any atom is -0.399 e. The van der Waals surface area contributed by atoms with E-state index in [1.165, 1.54) is 16.2 Å². The van der Waals surface area contributed by atoms with Crippen molar-refractivity contribution in [2.75, 3.05) is 18.1 Å². The van der Waals surface area contributed by atoms with Gasteiger partial charge in [0.05, 0.1) is 4.75 Å². The Morgan fingerprint density at radius 3 is 2.93 bits per heavy atom. The van der Waals surface area contributed by atoms with E-state index < -0.39 is 0 Å². The fourth-order valence-corrected chi connectivity index (χ4v) is 6.82. The van der Waals surface area contributed by atoms with Gasteiger partial charge in [0.25, 0.3) is 0 Å². The molecule has 5 nitrogen and oxygen atoms in total. The lowest BCUT2D eigenvalue weighted by atomic mass is 9.94. The van der Waals surface area contributed by atoms with Crippen molar-refractivity contribution in [1.29, 1.82) is 0 Å². The third kappa shape index (κ3) is 5.15. The topological polar surface area (TPSA) is 73.6 Å². The molecule has 1 aromatic heterocycles. The first kappa shape index (κ1) is 20.7. The summed E-state index contributed by atoms with van der Waals surface area (Å²) in [7, 11) is 0. The lowest BCUT2D eigenvalue weighted by Gasteiger charge is -2.35. The lowest BCUT2D eigenvalue weighted by Crippen LogP contribution is -2.37. The van der Waals surface area contributed by atoms with Crippen molar-refractivity contribution in [2.45, 2.75) is 56.0 Å². The highest BCUT2D eigenvalue weighted by molar-refractivity contribution is 8.00. The molecule has 7 heteroatoms. The van der Waals surface area contributed by atoms with Crippen LogP contribution in [0.2, 0.25) is 0 Å². The van der Waals surface area contributed by atoms with Crippen LogP contribution in [0.1, 0.15) is 49.8 Å². The summed E-state index contributed by atoms with van der Waals surface area (Å²) in [6.07, 6.45) is 6.40. The lowest BCUT2D eigenvalue weighted by molar-refractivity contribution is -0.200. The molecule has 3 heterocycles. The Hall–Kier alpha value is -1.54. The summed E-state index contributed by atoms with van der Waals surface area (Å²) in [4.78, 5) is 20.7. The molecule has 2 fully saturated rings. The van der Waals surface area contributed by atoms with Crippen molar-refractivity contribution in [1.82, 2.24) is 5.48 Å². The molecule has 1 amide bonds. The van der Waals surface area contributed by atoms with E-state index in [1.807, 2.05) is 30.0 Å². The van der Waals surface area contributed by atoms with Gasteiger partial charge in [-0.05, 0) is 61.3 Å². The zero-order chi connectivity index (χ0) is 20.1. The number of amides is 1. The number of carbonyl (C=O) groups is 1. The molecular weight excluding hydrogens is 404 g/mol. The average Bonchev–Trinajstić information content (AvgIpc) is 3.25. The molecule has 0 bridgehead atoms. The highest BCUT2D eigenvalue weighted by Crippen LogP contribution is 2.50. The quantitative estimate of drug-likeness (QED) is 0.492. The van der Waals surface area contributed by atoms with Crippen molar-refractivity contribution in [3.8, 4) is 10.4 Å². The number of thioether (sulfide) groups is 1. The van der Waals surface area contributed by atoms with Crippen LogP contribution in [0.15, 0.2) is 36.4 Å². The third-order valence-electron chi connectivity index (χ3n) is 5.47. The second-order valence-corrected chi connectivity index (χ2v) is 10.3. The second kappa shape index (κ2) is 9.51. The van der Waals surface area contributed by atoms with Gasteiger partial charge in [-0.3, -0.25) is 4.79 Å². The number of benzene rings is 1. The van der Waals surface area contributed by atoms with Crippen LogP contribution in [-0.4, -0.2) is 24.6 Å². The van der Waals surface area contributed by atoms with Gasteiger partial charge in [-0.15, -0.1) is 23.1 Å². The van der Waals surface area contributed by atoms with Crippen molar-refractivity contribution >= 4 is 34.7 Å². The Balaban J connectivity index is 1.47. The summed E-state index contributed by atoms with van der Waals surface area (Å²) < 4.78 is 5.35. The molecule has 0 aliphatic carbocycles. The molecule has 0 saturated carbocycles. The second-order valence-electron chi connectivity index (χ2n) is 7.71. The number of hydrogen-bond donors (Lipinski definition) is 2. The van der Waals surface area contributed by atoms with Crippen LogP contribution < -0.4 is 11.2 Å². The zero-order valence-electron chi connectivity index (χ0n) is 16.5. The Morgan fingerprint density at radius 1 is 1.24 bits per heavy atom. The number of hydrogen-bond acceptors (Lipinski definition) is 6. The highest BCUT2D eigenvalue weighted by Gasteiger charge is 2.38. The third-order valence-corrected chi connectivity index (χ3v) is 8.55. The van der Waals surface area contributed by atoms with Crippen LogP contribution in [0.3, 0.4) is 0 Å². The highest BCUT2D eigenvalue weighted by atomic mass is 32.2. The number of nitrogens with two attached hydrogens (primary N) is 1. The first-order valence-electron chi connectivity index (χ1n) is 10.3. The summed E-state index contributed by atoms with van der Waals surface area (Å²) in [5, 5.41) is 0. The van der Waals surface area contributed by atoms with Gasteiger partial charge in [0.15, 0.2) is 6.29 Å². The number of nitrogen functional groups attached to an aromatic ring is 1. The maximum Gasteiger partial charge on any atom is 0.245 e. The molecule has 2 aliphatic heterocycles. The molecule has 29 heavy (non-hydrogen) atoms. The van der Waals surface area contributed by atoms with Gasteiger partial charge in [0.1, 0.15) is 0 Å². The van der Waals surface area contributed by atoms with E-state index in [1.54, 1.807) is 11.3 Å². The van der Waals surface area contributed by atoms with E-state index in [0.29, 0.717) is 13.0 Å². The van der Waals surface area contributed by atoms with Gasteiger partial charge in [0.2, 0.25) is 5.91 Å². The Kier molecular flexibility index (Phi) is 6.80. The van der Waals surface area contributed by atoms with E-state index in [2.05, 4.69) is 23.7 Å². The Morgan fingerprint density at radius 2 is 2.17 bits per heavy atom. The smallest absolute Gasteiger partial charge is 0.245 e. The zero-order valence-corrected chi connectivity index (χ0v) is 18.2. The molecule has 0 radical (unpaired) electrons. The standard InChI is InChI=1S/C22H28N2O3S2/c23-17-7-5-6-16(14-17)18-9-10-19(29-18)22(11-2-4-13-28-22)15-20(25)24-27-21-8-1-3-12-26-21/h5-7,9-10,14,21H,1-4,8,11-13,15,23H2,(H,24,25)/t21?,22-/m0/s1. The number of thiophene rings is 1. The largest absolute Gasteiger partial charge is 0.399 e. The molecule has 2 saturated heterocycles. The average molecular weight is 433 g/mol. The molecule has 2 aliphatic rings. The molecule has 3 N–H and O–H groups in total. The fourth-order valence-electron chi connectivity index (χ4n) is 3.93. The SMILES string of the molecule is Nc1cccc(-c2ccc([C@@]3(CC(=O)NOC4CCCCO4)CCCCS3)s2)c1. The van der Waals surface area contributed by atoms with E-state index in [9.17, 15) is 4.79 Å². The van der Waals surface area contributed by atoms with Gasteiger partial charge in [-0.2, -0.15) is 0 Å². The predicted octanol–water partition coefficient (Wildman–Crippen LogP) is 5.07. The Bertz CT molecular complexity index is 827. The minimum atomic E-state index is -0.320. The van der Waals surface area contributed by atoms with Crippen LogP contribution in [0, 0.1) is 0 Å². The molecular formula is C22H28N2O3S2. The first-order chi connectivity index (χ1) is 14.1. The van der Waals surface area contributed by atoms with Crippen molar-refractivity contribution < 1.29 is 14.4 Å². The van der Waals surface area contributed by atoms with Crippen LogP contribution in [0.5, 0.6) is 0 Å². The van der Waals surface area contributed by atoms with E-state index in [-0.39, 0.29) is 16.9 Å². The van der Waals surface area contributed by atoms with E-state index >= 15 is 0 Å². The molecule has 2 aromatic rings. The number of anilines is 1. The van der Waals surface area contributed by atoms with Crippen molar-refractivity contribution in [3.05, 3.63) is 41.3 Å². The van der Waals surface area contributed by atoms with Gasteiger partial charge < -0.3 is 10.5 Å². The summed E-state index contributed by atoms with van der Waals surface area (Å²) in [5.41, 5.74) is 10.5. The van der Waals surface area contributed by atoms with Gasteiger partial charge >= 0.3 is 0 Å². The summed E-state index contributed by atoms with van der Waals surface area (Å²) >= 11 is 3.67. The summed E-state index contributed by atoms with van der Waals surface area (Å²) in [6.45, 7) is 0.697. The Labute approximate surface area is 180 Å². The van der Waals surface area contributed by atoms with Crippen molar-refractivity contribution in [2.24, 2.45) is 0 Å². The fraction of sp³-hybridized carbons (Fsp3) is 0.500. The number of rotatable bonds is 6. The monoisotopic (exact) mass is 432 g/mol. The maximum atomic E-state index is 12.7. The van der Waals surface area contributed by atoms with Gasteiger partial charge in [-0.25, -0.2) is 10.3 Å². The number of nitrogens with one attached hydrogen (secondary N) is 1. The van der Waals surface area contributed by atoms with Crippen LogP contribution >= 0.6 is 23.1 Å². The minimum absolute atomic E-state index is 0.0764. The normalized spacial score (nSPS) is 24.9. The van der Waals surface area contributed by atoms with Crippen LogP contribution in [0.25, 0.3) is 10.4 Å². The maximum absolute atomic E-state index is 12.7. The predicted molar refractivity (Wildman–Crippen MR) is 120 cm³/mol. The van der Waals surface area contributed by atoms with Crippen LogP contribution in [0.4, 0.5) is 5.69 Å².